The average molecular weight is 398 g/mol. The van der Waals surface area contributed by atoms with E-state index in [9.17, 15) is 4.79 Å². The summed E-state index contributed by atoms with van der Waals surface area (Å²) in [4.78, 5) is 12.2. The monoisotopic (exact) mass is 398 g/mol. The molecule has 0 saturated heterocycles. The first-order chi connectivity index (χ1) is 14.8. The fourth-order valence-electron chi connectivity index (χ4n) is 2.67. The summed E-state index contributed by atoms with van der Waals surface area (Å²) < 4.78 is 7.26. The molecule has 0 fully saturated rings. The number of aromatic nitrogens is 4. The maximum absolute atomic E-state index is 12.2. The number of carbonyl (C=O) groups is 1. The average Bonchev–Trinajstić information content (AvgIpc) is 3.34. The number of nitrogens with one attached hydrogen (secondary N) is 1. The Hall–Kier alpha value is -4.33. The molecule has 3 aromatic carbocycles. The van der Waals surface area contributed by atoms with Gasteiger partial charge in [-0.2, -0.15) is 5.10 Å². The standard InChI is InChI=1S/C22H18N6O2/c29-22(19-8-10-20(11-9-19)28-16-24-26-27-28)25-23-14-17-6-12-21(13-7-17)30-15-18-4-2-1-3-5-18/h1-14,16H,15H2,(H,25,29)/b23-14+. The molecule has 0 aliphatic carbocycles. The van der Waals surface area contributed by atoms with Crippen molar-refractivity contribution in [2.24, 2.45) is 5.10 Å². The molecule has 4 aromatic rings. The lowest BCUT2D eigenvalue weighted by Gasteiger charge is -2.06. The van der Waals surface area contributed by atoms with Gasteiger partial charge in [-0.05, 0) is 70.1 Å². The minimum Gasteiger partial charge on any atom is -0.489 e. The van der Waals surface area contributed by atoms with Crippen molar-refractivity contribution in [3.63, 3.8) is 0 Å². The van der Waals surface area contributed by atoms with Crippen molar-refractivity contribution in [1.29, 1.82) is 0 Å². The first-order valence-corrected chi connectivity index (χ1v) is 9.21. The van der Waals surface area contributed by atoms with Crippen LogP contribution in [0, 0.1) is 0 Å². The van der Waals surface area contributed by atoms with Gasteiger partial charge in [-0.25, -0.2) is 10.1 Å². The number of benzene rings is 3. The van der Waals surface area contributed by atoms with Crippen molar-refractivity contribution in [2.75, 3.05) is 0 Å². The molecule has 1 N–H and O–H groups in total. The Bertz CT molecular complexity index is 1110. The van der Waals surface area contributed by atoms with Crippen molar-refractivity contribution < 1.29 is 9.53 Å². The number of carbonyl (C=O) groups excluding carboxylic acids is 1. The molecule has 0 spiro atoms. The summed E-state index contributed by atoms with van der Waals surface area (Å²) in [5, 5.41) is 15.0. The number of tetrazole rings is 1. The van der Waals surface area contributed by atoms with E-state index in [2.05, 4.69) is 26.1 Å². The molecular formula is C22H18N6O2. The van der Waals surface area contributed by atoms with Crippen molar-refractivity contribution in [3.05, 3.63) is 102 Å². The van der Waals surface area contributed by atoms with Gasteiger partial charge >= 0.3 is 0 Å². The van der Waals surface area contributed by atoms with E-state index in [1.807, 2.05) is 54.6 Å². The van der Waals surface area contributed by atoms with Gasteiger partial charge in [0, 0.05) is 5.56 Å². The summed E-state index contributed by atoms with van der Waals surface area (Å²) in [5.74, 6) is 0.458. The van der Waals surface area contributed by atoms with Crippen molar-refractivity contribution >= 4 is 12.1 Å². The largest absolute Gasteiger partial charge is 0.489 e. The van der Waals surface area contributed by atoms with Gasteiger partial charge in [-0.1, -0.05) is 30.3 Å². The molecule has 8 nitrogen and oxygen atoms in total. The van der Waals surface area contributed by atoms with Crippen molar-refractivity contribution in [1.82, 2.24) is 25.6 Å². The van der Waals surface area contributed by atoms with Crippen LogP contribution in [0.2, 0.25) is 0 Å². The highest BCUT2D eigenvalue weighted by atomic mass is 16.5. The normalized spacial score (nSPS) is 10.8. The number of hydrogen-bond acceptors (Lipinski definition) is 6. The maximum Gasteiger partial charge on any atom is 0.271 e. The molecule has 0 saturated carbocycles. The Morgan fingerprint density at radius 1 is 1.00 bits per heavy atom. The van der Waals surface area contributed by atoms with Crippen molar-refractivity contribution in [2.45, 2.75) is 6.61 Å². The van der Waals surface area contributed by atoms with E-state index in [1.165, 1.54) is 11.0 Å². The molecule has 8 heteroatoms. The highest BCUT2D eigenvalue weighted by Crippen LogP contribution is 2.13. The molecule has 4 rings (SSSR count). The number of rotatable bonds is 7. The fraction of sp³-hybridized carbons (Fsp3) is 0.0455. The second kappa shape index (κ2) is 9.24. The van der Waals surface area contributed by atoms with E-state index in [0.29, 0.717) is 12.2 Å². The quantitative estimate of drug-likeness (QED) is 0.381. The van der Waals surface area contributed by atoms with Crippen LogP contribution in [0.25, 0.3) is 5.69 Å². The van der Waals surface area contributed by atoms with Crippen LogP contribution in [0.1, 0.15) is 21.5 Å². The third-order valence-corrected chi connectivity index (χ3v) is 4.25. The number of ether oxygens (including phenoxy) is 1. The minimum absolute atomic E-state index is 0.308. The van der Waals surface area contributed by atoms with Gasteiger partial charge in [0.05, 0.1) is 11.9 Å². The molecular weight excluding hydrogens is 380 g/mol. The topological polar surface area (TPSA) is 94.3 Å². The lowest BCUT2D eigenvalue weighted by Crippen LogP contribution is -2.17. The summed E-state index contributed by atoms with van der Waals surface area (Å²) in [6.45, 7) is 0.510. The van der Waals surface area contributed by atoms with Gasteiger partial charge in [0.15, 0.2) is 0 Å². The Morgan fingerprint density at radius 3 is 2.47 bits per heavy atom. The van der Waals surface area contributed by atoms with Gasteiger partial charge in [0.2, 0.25) is 0 Å². The predicted octanol–water partition coefficient (Wildman–Crippen LogP) is 3.01. The zero-order valence-electron chi connectivity index (χ0n) is 15.9. The van der Waals surface area contributed by atoms with Gasteiger partial charge in [-0.3, -0.25) is 4.79 Å². The first kappa shape index (κ1) is 19.0. The molecule has 1 aromatic heterocycles. The van der Waals surface area contributed by atoms with Crippen LogP contribution in [0.5, 0.6) is 5.75 Å². The van der Waals surface area contributed by atoms with E-state index in [1.54, 1.807) is 30.5 Å². The van der Waals surface area contributed by atoms with Crippen LogP contribution in [0.4, 0.5) is 0 Å². The van der Waals surface area contributed by atoms with Gasteiger partial charge < -0.3 is 4.74 Å². The summed E-state index contributed by atoms with van der Waals surface area (Å²) in [6.07, 6.45) is 3.06. The molecule has 0 atom stereocenters. The van der Waals surface area contributed by atoms with Crippen LogP contribution in [-0.2, 0) is 6.61 Å². The van der Waals surface area contributed by atoms with E-state index in [-0.39, 0.29) is 5.91 Å². The smallest absolute Gasteiger partial charge is 0.271 e. The summed E-state index contributed by atoms with van der Waals surface area (Å²) in [7, 11) is 0. The molecule has 0 bridgehead atoms. The maximum atomic E-state index is 12.2. The minimum atomic E-state index is -0.308. The third-order valence-electron chi connectivity index (χ3n) is 4.25. The summed E-state index contributed by atoms with van der Waals surface area (Å²) >= 11 is 0. The van der Waals surface area contributed by atoms with Crippen LogP contribution in [-0.4, -0.2) is 32.3 Å². The van der Waals surface area contributed by atoms with Gasteiger partial charge in [0.1, 0.15) is 18.7 Å². The number of hydrazone groups is 1. The molecule has 1 heterocycles. The summed E-state index contributed by atoms with van der Waals surface area (Å²) in [5.41, 5.74) is 5.71. The van der Waals surface area contributed by atoms with Crippen LogP contribution >= 0.6 is 0 Å². The molecule has 1 amide bonds. The van der Waals surface area contributed by atoms with Crippen molar-refractivity contribution in [3.8, 4) is 11.4 Å². The number of nitrogens with zero attached hydrogens (tertiary/aromatic N) is 5. The van der Waals surface area contributed by atoms with Crippen LogP contribution < -0.4 is 10.2 Å². The number of hydrogen-bond donors (Lipinski definition) is 1. The Labute approximate surface area is 172 Å². The molecule has 0 radical (unpaired) electrons. The zero-order valence-corrected chi connectivity index (χ0v) is 15.9. The predicted molar refractivity (Wildman–Crippen MR) is 111 cm³/mol. The Kier molecular flexibility index (Phi) is 5.86. The van der Waals surface area contributed by atoms with E-state index < -0.39 is 0 Å². The zero-order chi connectivity index (χ0) is 20.6. The Balaban J connectivity index is 1.29. The van der Waals surface area contributed by atoms with E-state index in [4.69, 9.17) is 4.74 Å². The van der Waals surface area contributed by atoms with E-state index in [0.717, 1.165) is 22.6 Å². The molecule has 0 aliphatic rings. The fourth-order valence-corrected chi connectivity index (χ4v) is 2.67. The Morgan fingerprint density at radius 2 is 1.77 bits per heavy atom. The summed E-state index contributed by atoms with van der Waals surface area (Å²) in [6, 6.07) is 24.3. The number of amides is 1. The van der Waals surface area contributed by atoms with Crippen LogP contribution in [0.3, 0.4) is 0 Å². The second-order valence-corrected chi connectivity index (χ2v) is 6.34. The highest BCUT2D eigenvalue weighted by molar-refractivity contribution is 5.95. The SMILES string of the molecule is O=C(N/N=C/c1ccc(OCc2ccccc2)cc1)c1ccc(-n2cnnn2)cc1. The molecule has 30 heavy (non-hydrogen) atoms. The molecule has 0 aliphatic heterocycles. The van der Waals surface area contributed by atoms with Crippen LogP contribution in [0.15, 0.2) is 90.3 Å². The third kappa shape index (κ3) is 4.93. The lowest BCUT2D eigenvalue weighted by atomic mass is 10.2. The lowest BCUT2D eigenvalue weighted by molar-refractivity contribution is 0.0955. The highest BCUT2D eigenvalue weighted by Gasteiger charge is 2.05. The van der Waals surface area contributed by atoms with Gasteiger partial charge in [-0.15, -0.1) is 5.10 Å². The van der Waals surface area contributed by atoms with E-state index >= 15 is 0 Å². The second-order valence-electron chi connectivity index (χ2n) is 6.34. The van der Waals surface area contributed by atoms with Gasteiger partial charge in [0.25, 0.3) is 5.91 Å². The first-order valence-electron chi connectivity index (χ1n) is 9.21. The molecule has 0 unspecified atom stereocenters. The molecule has 148 valence electrons.